The molecule has 0 spiro atoms. The number of fused-ring (bicyclic) bond motifs is 1. The van der Waals surface area contributed by atoms with Gasteiger partial charge >= 0.3 is 0 Å². The van der Waals surface area contributed by atoms with E-state index in [1.807, 2.05) is 6.92 Å². The topological polar surface area (TPSA) is 12.4 Å². The molecule has 1 aliphatic carbocycles. The van der Waals surface area contributed by atoms with E-state index in [4.69, 9.17) is 4.99 Å². The number of hydrogen-bond donors (Lipinski definition) is 0. The molecular weight excluding hydrogens is 309 g/mol. The summed E-state index contributed by atoms with van der Waals surface area (Å²) in [5.41, 5.74) is 7.81. The maximum absolute atomic E-state index is 14.1. The van der Waals surface area contributed by atoms with Crippen molar-refractivity contribution in [2.45, 2.75) is 79.6 Å². The fourth-order valence-corrected chi connectivity index (χ4v) is 3.44. The monoisotopic (exact) mass is 341 g/mol. The summed E-state index contributed by atoms with van der Waals surface area (Å²) in [6, 6.07) is 3.72. The first kappa shape index (κ1) is 19.6. The van der Waals surface area contributed by atoms with Gasteiger partial charge in [0.25, 0.3) is 0 Å². The second-order valence-corrected chi connectivity index (χ2v) is 7.22. The Hall–Kier alpha value is -1.70. The summed E-state index contributed by atoms with van der Waals surface area (Å²) < 4.78 is 14.1. The van der Waals surface area contributed by atoms with E-state index in [0.717, 1.165) is 53.8 Å². The number of aliphatic imine (C=N–C) groups is 1. The third kappa shape index (κ3) is 5.14. The van der Waals surface area contributed by atoms with Crippen LogP contribution in [0, 0.1) is 12.7 Å². The molecule has 25 heavy (non-hydrogen) atoms. The Morgan fingerprint density at radius 2 is 1.88 bits per heavy atom. The Balaban J connectivity index is 2.28. The maximum atomic E-state index is 14.1. The van der Waals surface area contributed by atoms with Gasteiger partial charge < -0.3 is 0 Å². The van der Waals surface area contributed by atoms with Gasteiger partial charge in [-0.15, -0.1) is 0 Å². The molecule has 0 aromatic heterocycles. The predicted octanol–water partition coefficient (Wildman–Crippen LogP) is 7.19. The second kappa shape index (κ2) is 9.12. The van der Waals surface area contributed by atoms with Crippen molar-refractivity contribution >= 4 is 11.8 Å². The molecule has 0 saturated heterocycles. The number of benzene rings is 1. The van der Waals surface area contributed by atoms with E-state index in [2.05, 4.69) is 39.8 Å². The highest BCUT2D eigenvalue weighted by Crippen LogP contribution is 2.29. The minimum atomic E-state index is -0.0665. The average Bonchev–Trinajstić information content (AvgIpc) is 2.58. The van der Waals surface area contributed by atoms with Crippen LogP contribution in [0.15, 0.2) is 34.0 Å². The molecule has 0 aliphatic heterocycles. The molecule has 0 amide bonds. The Morgan fingerprint density at radius 3 is 2.56 bits per heavy atom. The number of allylic oxidation sites excluding steroid dienone is 3. The number of aryl methyl sites for hydroxylation is 1. The van der Waals surface area contributed by atoms with Crippen molar-refractivity contribution in [3.63, 3.8) is 0 Å². The summed E-state index contributed by atoms with van der Waals surface area (Å²) in [6.07, 6.45) is 9.61. The quantitative estimate of drug-likeness (QED) is 0.367. The van der Waals surface area contributed by atoms with Gasteiger partial charge in [-0.3, -0.25) is 4.99 Å². The van der Waals surface area contributed by atoms with Crippen LogP contribution in [0.4, 0.5) is 4.39 Å². The van der Waals surface area contributed by atoms with Crippen molar-refractivity contribution in [2.75, 3.05) is 0 Å². The van der Waals surface area contributed by atoms with Crippen LogP contribution >= 0.6 is 0 Å². The van der Waals surface area contributed by atoms with Gasteiger partial charge in [0.05, 0.1) is 0 Å². The summed E-state index contributed by atoms with van der Waals surface area (Å²) >= 11 is 0. The highest BCUT2D eigenvalue weighted by atomic mass is 19.1. The van der Waals surface area contributed by atoms with Crippen LogP contribution in [-0.2, 0) is 6.42 Å². The van der Waals surface area contributed by atoms with Gasteiger partial charge in [-0.25, -0.2) is 4.39 Å². The van der Waals surface area contributed by atoms with Crippen LogP contribution in [0.5, 0.6) is 0 Å². The van der Waals surface area contributed by atoms with E-state index in [9.17, 15) is 4.39 Å². The van der Waals surface area contributed by atoms with Gasteiger partial charge in [0.2, 0.25) is 0 Å². The Kier molecular flexibility index (Phi) is 7.16. The zero-order valence-corrected chi connectivity index (χ0v) is 16.5. The van der Waals surface area contributed by atoms with E-state index in [0.29, 0.717) is 0 Å². The lowest BCUT2D eigenvalue weighted by molar-refractivity contribution is 0.606. The van der Waals surface area contributed by atoms with Gasteiger partial charge in [-0.2, -0.15) is 0 Å². The zero-order chi connectivity index (χ0) is 18.4. The predicted molar refractivity (Wildman–Crippen MR) is 108 cm³/mol. The molecule has 0 bridgehead atoms. The molecule has 1 aromatic carbocycles. The SMILES string of the molecule is CCCCC/C(C)=C(\C)N=C(CC)C1=Cc2cc(C)cc(F)c2CC1. The molecule has 2 rings (SSSR count). The van der Waals surface area contributed by atoms with Gasteiger partial charge in [-0.1, -0.05) is 38.3 Å². The number of rotatable bonds is 7. The van der Waals surface area contributed by atoms with E-state index in [-0.39, 0.29) is 5.82 Å². The van der Waals surface area contributed by atoms with Crippen molar-refractivity contribution in [1.82, 2.24) is 0 Å². The zero-order valence-electron chi connectivity index (χ0n) is 16.5. The third-order valence-corrected chi connectivity index (χ3v) is 5.13. The first-order chi connectivity index (χ1) is 12.0. The molecule has 0 unspecified atom stereocenters. The molecule has 2 heteroatoms. The molecule has 0 fully saturated rings. The first-order valence-corrected chi connectivity index (χ1v) is 9.70. The highest BCUT2D eigenvalue weighted by molar-refractivity contribution is 6.04. The van der Waals surface area contributed by atoms with Gasteiger partial charge in [0, 0.05) is 11.4 Å². The Morgan fingerprint density at radius 1 is 1.12 bits per heavy atom. The van der Waals surface area contributed by atoms with E-state index in [1.165, 1.54) is 30.4 Å². The van der Waals surface area contributed by atoms with Crippen LogP contribution in [0.1, 0.15) is 82.9 Å². The lowest BCUT2D eigenvalue weighted by Gasteiger charge is -2.19. The van der Waals surface area contributed by atoms with Gasteiger partial charge in [-0.05, 0) is 87.3 Å². The van der Waals surface area contributed by atoms with Crippen molar-refractivity contribution in [2.24, 2.45) is 4.99 Å². The lowest BCUT2D eigenvalue weighted by atomic mass is 9.88. The molecular formula is C23H32FN. The lowest BCUT2D eigenvalue weighted by Crippen LogP contribution is -2.10. The summed E-state index contributed by atoms with van der Waals surface area (Å²) in [5, 5.41) is 0. The van der Waals surface area contributed by atoms with Crippen LogP contribution < -0.4 is 0 Å². The van der Waals surface area contributed by atoms with E-state index >= 15 is 0 Å². The second-order valence-electron chi connectivity index (χ2n) is 7.22. The van der Waals surface area contributed by atoms with Crippen LogP contribution in [0.2, 0.25) is 0 Å². The minimum absolute atomic E-state index is 0.0665. The highest BCUT2D eigenvalue weighted by Gasteiger charge is 2.17. The number of halogens is 1. The molecule has 136 valence electrons. The molecule has 0 N–H and O–H groups in total. The first-order valence-electron chi connectivity index (χ1n) is 9.70. The standard InChI is InChI=1S/C23H32FN/c1-6-8-9-10-17(4)18(5)25-23(7-2)19-11-12-21-20(15-19)13-16(3)14-22(21)24/h13-15H,6-12H2,1-5H3/b18-17+,25-23?. The minimum Gasteiger partial charge on any atom is -0.258 e. The fraction of sp³-hybridized carbons (Fsp3) is 0.522. The number of hydrogen-bond acceptors (Lipinski definition) is 1. The average molecular weight is 342 g/mol. The fourth-order valence-electron chi connectivity index (χ4n) is 3.44. The summed E-state index contributed by atoms with van der Waals surface area (Å²) in [7, 11) is 0. The molecule has 1 aromatic rings. The summed E-state index contributed by atoms with van der Waals surface area (Å²) in [6.45, 7) is 10.7. The van der Waals surface area contributed by atoms with Crippen LogP contribution in [0.3, 0.4) is 0 Å². The summed E-state index contributed by atoms with van der Waals surface area (Å²) in [5.74, 6) is -0.0665. The Bertz CT molecular complexity index is 707. The molecule has 0 heterocycles. The van der Waals surface area contributed by atoms with Crippen molar-refractivity contribution in [3.8, 4) is 0 Å². The summed E-state index contributed by atoms with van der Waals surface area (Å²) in [4.78, 5) is 4.95. The van der Waals surface area contributed by atoms with E-state index in [1.54, 1.807) is 6.07 Å². The number of unbranched alkanes of at least 4 members (excludes halogenated alkanes) is 2. The van der Waals surface area contributed by atoms with Crippen molar-refractivity contribution in [1.29, 1.82) is 0 Å². The molecule has 0 atom stereocenters. The molecule has 0 radical (unpaired) electrons. The van der Waals surface area contributed by atoms with Crippen LogP contribution in [0.25, 0.3) is 6.08 Å². The maximum Gasteiger partial charge on any atom is 0.127 e. The molecule has 0 saturated carbocycles. The third-order valence-electron chi connectivity index (χ3n) is 5.13. The largest absolute Gasteiger partial charge is 0.258 e. The smallest absolute Gasteiger partial charge is 0.127 e. The Labute approximate surface area is 152 Å². The number of nitrogens with zero attached hydrogens (tertiary/aromatic N) is 1. The van der Waals surface area contributed by atoms with Crippen LogP contribution in [-0.4, -0.2) is 5.71 Å². The van der Waals surface area contributed by atoms with Crippen molar-refractivity contribution in [3.05, 3.63) is 51.5 Å². The molecule has 1 aliphatic rings. The van der Waals surface area contributed by atoms with Gasteiger partial charge in [0.15, 0.2) is 0 Å². The normalized spacial score (nSPS) is 15.6. The van der Waals surface area contributed by atoms with E-state index < -0.39 is 0 Å². The van der Waals surface area contributed by atoms with Crippen molar-refractivity contribution < 1.29 is 4.39 Å². The van der Waals surface area contributed by atoms with Gasteiger partial charge in [0.1, 0.15) is 5.82 Å². The molecule has 1 nitrogen and oxygen atoms in total.